The number of nitrogens with zero attached hydrogens (tertiary/aromatic N) is 1. The number of benzene rings is 2. The number of halogens is 1. The van der Waals surface area contributed by atoms with Crippen molar-refractivity contribution in [1.82, 2.24) is 5.32 Å². The second kappa shape index (κ2) is 5.36. The highest BCUT2D eigenvalue weighted by Crippen LogP contribution is 2.24. The summed E-state index contributed by atoms with van der Waals surface area (Å²) < 4.78 is 13.0. The Morgan fingerprint density at radius 3 is 2.52 bits per heavy atom. The van der Waals surface area contributed by atoms with Crippen LogP contribution in [0.15, 0.2) is 48.5 Å². The van der Waals surface area contributed by atoms with E-state index in [1.54, 1.807) is 41.3 Å². The Balaban J connectivity index is 1.99. The summed E-state index contributed by atoms with van der Waals surface area (Å²) in [6, 6.07) is 12.9. The maximum Gasteiger partial charge on any atom is 0.253 e. The van der Waals surface area contributed by atoms with E-state index in [0.717, 1.165) is 5.56 Å². The molecule has 1 aliphatic rings. The molecule has 0 aromatic heterocycles. The van der Waals surface area contributed by atoms with Crippen molar-refractivity contribution >= 4 is 17.5 Å². The Kier molecular flexibility index (Phi) is 3.39. The van der Waals surface area contributed by atoms with Crippen LogP contribution in [0.5, 0.6) is 0 Å². The molecule has 1 N–H and O–H groups in total. The van der Waals surface area contributed by atoms with Crippen LogP contribution in [0.25, 0.3) is 0 Å². The fraction of sp³-hybridized carbons (Fsp3) is 0.125. The average Bonchev–Trinajstić information content (AvgIpc) is 2.62. The molecule has 4 nitrogen and oxygen atoms in total. The smallest absolute Gasteiger partial charge is 0.253 e. The summed E-state index contributed by atoms with van der Waals surface area (Å²) in [5.74, 6) is -0.781. The van der Waals surface area contributed by atoms with E-state index in [0.29, 0.717) is 17.8 Å². The van der Waals surface area contributed by atoms with Gasteiger partial charge in [-0.3, -0.25) is 9.59 Å². The fourth-order valence-electron chi connectivity index (χ4n) is 2.33. The molecule has 1 heterocycles. The first-order chi connectivity index (χ1) is 10.1. The quantitative estimate of drug-likeness (QED) is 0.918. The molecule has 0 atom stereocenters. The van der Waals surface area contributed by atoms with Crippen molar-refractivity contribution in [3.8, 4) is 0 Å². The van der Waals surface area contributed by atoms with E-state index in [4.69, 9.17) is 0 Å². The minimum absolute atomic E-state index is 0.0469. The first-order valence-electron chi connectivity index (χ1n) is 6.57. The lowest BCUT2D eigenvalue weighted by Crippen LogP contribution is -2.36. The van der Waals surface area contributed by atoms with E-state index >= 15 is 0 Å². The van der Waals surface area contributed by atoms with Crippen molar-refractivity contribution in [2.75, 3.05) is 11.4 Å². The van der Waals surface area contributed by atoms with Crippen molar-refractivity contribution in [3.63, 3.8) is 0 Å². The maximum absolute atomic E-state index is 13.0. The van der Waals surface area contributed by atoms with E-state index in [1.165, 1.54) is 12.1 Å². The van der Waals surface area contributed by atoms with Gasteiger partial charge in [-0.25, -0.2) is 4.39 Å². The first-order valence-corrected chi connectivity index (χ1v) is 6.57. The van der Waals surface area contributed by atoms with Crippen LogP contribution in [0.4, 0.5) is 10.1 Å². The third-order valence-corrected chi connectivity index (χ3v) is 3.39. The summed E-state index contributed by atoms with van der Waals surface area (Å²) >= 11 is 0. The second-order valence-electron chi connectivity index (χ2n) is 4.81. The number of carbonyl (C=O) groups is 2. The molecule has 1 aliphatic heterocycles. The van der Waals surface area contributed by atoms with Gasteiger partial charge in [-0.1, -0.05) is 24.3 Å². The van der Waals surface area contributed by atoms with Gasteiger partial charge in [0.05, 0.1) is 24.3 Å². The van der Waals surface area contributed by atoms with Crippen molar-refractivity contribution in [1.29, 1.82) is 0 Å². The fourth-order valence-corrected chi connectivity index (χ4v) is 2.33. The third kappa shape index (κ3) is 2.63. The lowest BCUT2D eigenvalue weighted by atomic mass is 10.1. The van der Waals surface area contributed by atoms with Crippen LogP contribution in [0.2, 0.25) is 0 Å². The van der Waals surface area contributed by atoms with Gasteiger partial charge in [-0.05, 0) is 29.8 Å². The standard InChI is InChI=1S/C16H13FN2O2/c17-12-7-5-11(6-8-12)10-19-14-4-2-1-3-13(14)16(21)18-9-15(19)20/h1-8H,9-10H2,(H,18,21). The zero-order valence-electron chi connectivity index (χ0n) is 11.2. The number of hydrogen-bond donors (Lipinski definition) is 1. The Labute approximate surface area is 121 Å². The zero-order chi connectivity index (χ0) is 14.8. The molecule has 0 aliphatic carbocycles. The highest BCUT2D eigenvalue weighted by molar-refractivity contribution is 6.09. The van der Waals surface area contributed by atoms with E-state index in [9.17, 15) is 14.0 Å². The van der Waals surface area contributed by atoms with Crippen LogP contribution in [-0.4, -0.2) is 18.4 Å². The van der Waals surface area contributed by atoms with E-state index in [1.807, 2.05) is 0 Å². The Hall–Kier alpha value is -2.69. The zero-order valence-corrected chi connectivity index (χ0v) is 11.2. The van der Waals surface area contributed by atoms with Crippen LogP contribution in [0.3, 0.4) is 0 Å². The lowest BCUT2D eigenvalue weighted by Gasteiger charge is -2.22. The van der Waals surface area contributed by atoms with Gasteiger partial charge in [-0.15, -0.1) is 0 Å². The molecule has 21 heavy (non-hydrogen) atoms. The predicted octanol–water partition coefficient (Wildman–Crippen LogP) is 2.10. The number of rotatable bonds is 2. The number of amides is 2. The molecule has 2 amide bonds. The molecule has 0 radical (unpaired) electrons. The van der Waals surface area contributed by atoms with E-state index < -0.39 is 0 Å². The largest absolute Gasteiger partial charge is 0.343 e. The van der Waals surface area contributed by atoms with Crippen molar-refractivity contribution < 1.29 is 14.0 Å². The van der Waals surface area contributed by atoms with Crippen LogP contribution in [0, 0.1) is 5.82 Å². The second-order valence-corrected chi connectivity index (χ2v) is 4.81. The number of anilines is 1. The molecule has 5 heteroatoms. The van der Waals surface area contributed by atoms with Gasteiger partial charge in [0.1, 0.15) is 5.82 Å². The molecule has 2 aromatic carbocycles. The van der Waals surface area contributed by atoms with Gasteiger partial charge in [-0.2, -0.15) is 0 Å². The molecule has 0 spiro atoms. The van der Waals surface area contributed by atoms with Crippen LogP contribution in [-0.2, 0) is 11.3 Å². The minimum Gasteiger partial charge on any atom is -0.343 e. The van der Waals surface area contributed by atoms with Crippen molar-refractivity contribution in [2.45, 2.75) is 6.54 Å². The molecule has 3 rings (SSSR count). The van der Waals surface area contributed by atoms with Crippen LogP contribution in [0.1, 0.15) is 15.9 Å². The predicted molar refractivity (Wildman–Crippen MR) is 76.4 cm³/mol. The Morgan fingerprint density at radius 2 is 1.76 bits per heavy atom. The summed E-state index contributed by atoms with van der Waals surface area (Å²) in [6.45, 7) is 0.250. The van der Waals surface area contributed by atoms with Crippen LogP contribution < -0.4 is 10.2 Å². The molecular formula is C16H13FN2O2. The number of fused-ring (bicyclic) bond motifs is 1. The first kappa shape index (κ1) is 13.3. The maximum atomic E-state index is 13.0. The average molecular weight is 284 g/mol. The number of carbonyl (C=O) groups excluding carboxylic acids is 2. The Morgan fingerprint density at radius 1 is 1.05 bits per heavy atom. The monoisotopic (exact) mass is 284 g/mol. The normalized spacial score (nSPS) is 14.4. The molecule has 106 valence electrons. The highest BCUT2D eigenvalue weighted by atomic mass is 19.1. The summed E-state index contributed by atoms with van der Waals surface area (Å²) in [5.41, 5.74) is 1.83. The highest BCUT2D eigenvalue weighted by Gasteiger charge is 2.25. The summed E-state index contributed by atoms with van der Waals surface area (Å²) in [5, 5.41) is 2.59. The van der Waals surface area contributed by atoms with Gasteiger partial charge in [0.25, 0.3) is 5.91 Å². The van der Waals surface area contributed by atoms with E-state index in [2.05, 4.69) is 5.32 Å². The number of hydrogen-bond acceptors (Lipinski definition) is 2. The van der Waals surface area contributed by atoms with Gasteiger partial charge in [0.2, 0.25) is 5.91 Å². The van der Waals surface area contributed by atoms with Gasteiger partial charge in [0.15, 0.2) is 0 Å². The summed E-state index contributed by atoms with van der Waals surface area (Å²) in [7, 11) is 0. The van der Waals surface area contributed by atoms with Crippen LogP contribution >= 0.6 is 0 Å². The van der Waals surface area contributed by atoms with E-state index in [-0.39, 0.29) is 24.2 Å². The van der Waals surface area contributed by atoms with Gasteiger partial charge in [0, 0.05) is 0 Å². The van der Waals surface area contributed by atoms with Crippen molar-refractivity contribution in [2.24, 2.45) is 0 Å². The number of nitrogens with one attached hydrogen (secondary N) is 1. The molecule has 2 aromatic rings. The number of para-hydroxylation sites is 1. The molecule has 0 fully saturated rings. The summed E-state index contributed by atoms with van der Waals surface area (Å²) in [4.78, 5) is 25.7. The molecule has 0 saturated carbocycles. The third-order valence-electron chi connectivity index (χ3n) is 3.39. The Bertz CT molecular complexity index is 698. The molecule has 0 bridgehead atoms. The molecule has 0 saturated heterocycles. The summed E-state index contributed by atoms with van der Waals surface area (Å²) in [6.07, 6.45) is 0. The lowest BCUT2D eigenvalue weighted by molar-refractivity contribution is -0.117. The van der Waals surface area contributed by atoms with Gasteiger partial charge < -0.3 is 10.2 Å². The molecule has 0 unspecified atom stereocenters. The van der Waals surface area contributed by atoms with Crippen molar-refractivity contribution in [3.05, 3.63) is 65.5 Å². The SMILES string of the molecule is O=C1NCC(=O)N(Cc2ccc(F)cc2)c2ccccc21. The molecular weight excluding hydrogens is 271 g/mol. The topological polar surface area (TPSA) is 49.4 Å². The van der Waals surface area contributed by atoms with Gasteiger partial charge >= 0.3 is 0 Å². The minimum atomic E-state index is -0.321.